The zero-order valence-electron chi connectivity index (χ0n) is 12.9. The first-order valence-electron chi connectivity index (χ1n) is 8.07. The number of thioether (sulfide) groups is 1. The van der Waals surface area contributed by atoms with E-state index in [9.17, 15) is 4.79 Å². The molecule has 1 aliphatic heterocycles. The lowest BCUT2D eigenvalue weighted by molar-refractivity contribution is -0.137. The maximum atomic E-state index is 10.9. The molecule has 1 rings (SSSR count). The van der Waals surface area contributed by atoms with Crippen molar-refractivity contribution >= 4 is 17.7 Å². The third-order valence-electron chi connectivity index (χ3n) is 3.47. The maximum Gasteiger partial charge on any atom is 0.304 e. The van der Waals surface area contributed by atoms with E-state index in [-0.39, 0.29) is 5.25 Å². The van der Waals surface area contributed by atoms with Gasteiger partial charge in [-0.2, -0.15) is 11.8 Å². The number of allylic oxidation sites excluding steroid dienone is 6. The fourth-order valence-electron chi connectivity index (χ4n) is 2.29. The first kappa shape index (κ1) is 18.1. The molecule has 1 aliphatic rings. The predicted octanol–water partition coefficient (Wildman–Crippen LogP) is 5.37. The average Bonchev–Trinajstić information content (AvgIpc) is 2.45. The van der Waals surface area contributed by atoms with Gasteiger partial charge in [0.15, 0.2) is 0 Å². The van der Waals surface area contributed by atoms with Crippen LogP contribution in [0.2, 0.25) is 0 Å². The molecule has 0 amide bonds. The molecule has 0 spiro atoms. The van der Waals surface area contributed by atoms with Crippen molar-refractivity contribution in [3.8, 4) is 0 Å². The highest BCUT2D eigenvalue weighted by Gasteiger charge is 2.12. The molecule has 0 aromatic rings. The molecule has 21 heavy (non-hydrogen) atoms. The fraction of sp³-hybridized carbons (Fsp3) is 0.611. The molecule has 0 aromatic heterocycles. The normalized spacial score (nSPS) is 27.3. The van der Waals surface area contributed by atoms with E-state index >= 15 is 0 Å². The van der Waals surface area contributed by atoms with Crippen molar-refractivity contribution < 1.29 is 9.90 Å². The van der Waals surface area contributed by atoms with Crippen molar-refractivity contribution in [1.82, 2.24) is 0 Å². The molecule has 1 N–H and O–H groups in total. The molecule has 0 bridgehead atoms. The Morgan fingerprint density at radius 1 is 0.952 bits per heavy atom. The summed E-state index contributed by atoms with van der Waals surface area (Å²) in [6.07, 6.45) is 22.4. The van der Waals surface area contributed by atoms with Crippen LogP contribution in [0, 0.1) is 0 Å². The Morgan fingerprint density at radius 3 is 2.33 bits per heavy atom. The minimum absolute atomic E-state index is 0.262. The lowest BCUT2D eigenvalue weighted by Gasteiger charge is -2.13. The van der Waals surface area contributed by atoms with E-state index in [1.54, 1.807) is 0 Å². The minimum atomic E-state index is -0.671. The van der Waals surface area contributed by atoms with E-state index in [4.69, 9.17) is 5.11 Å². The SMILES string of the molecule is O=C(O)CC1CC/C=C\C/C=C\C/C=C\CCCCCS1. The number of carbonyl (C=O) groups is 1. The number of rotatable bonds is 2. The van der Waals surface area contributed by atoms with Crippen LogP contribution in [-0.2, 0) is 4.79 Å². The molecule has 0 fully saturated rings. The summed E-state index contributed by atoms with van der Waals surface area (Å²) >= 11 is 1.84. The monoisotopic (exact) mass is 308 g/mol. The summed E-state index contributed by atoms with van der Waals surface area (Å²) in [5.41, 5.74) is 0. The number of hydrogen-bond acceptors (Lipinski definition) is 2. The van der Waals surface area contributed by atoms with Gasteiger partial charge in [0.1, 0.15) is 0 Å². The number of hydrogen-bond donors (Lipinski definition) is 1. The van der Waals surface area contributed by atoms with Crippen LogP contribution in [0.25, 0.3) is 0 Å². The van der Waals surface area contributed by atoms with Crippen molar-refractivity contribution in [2.75, 3.05) is 5.75 Å². The van der Waals surface area contributed by atoms with Crippen molar-refractivity contribution in [2.24, 2.45) is 0 Å². The Morgan fingerprint density at radius 2 is 1.62 bits per heavy atom. The van der Waals surface area contributed by atoms with Gasteiger partial charge in [-0.25, -0.2) is 0 Å². The van der Waals surface area contributed by atoms with Gasteiger partial charge < -0.3 is 5.11 Å². The van der Waals surface area contributed by atoms with Crippen LogP contribution < -0.4 is 0 Å². The zero-order chi connectivity index (χ0) is 15.2. The topological polar surface area (TPSA) is 37.3 Å². The van der Waals surface area contributed by atoms with Gasteiger partial charge in [-0.3, -0.25) is 4.79 Å². The van der Waals surface area contributed by atoms with Crippen LogP contribution >= 0.6 is 11.8 Å². The summed E-state index contributed by atoms with van der Waals surface area (Å²) in [6.45, 7) is 0. The number of aliphatic carboxylic acids is 1. The highest BCUT2D eigenvalue weighted by atomic mass is 32.2. The van der Waals surface area contributed by atoms with Crippen LogP contribution in [0.3, 0.4) is 0 Å². The lowest BCUT2D eigenvalue weighted by atomic mass is 10.1. The Labute approximate surface area is 133 Å². The second-order valence-corrected chi connectivity index (χ2v) is 6.81. The lowest BCUT2D eigenvalue weighted by Crippen LogP contribution is -2.10. The van der Waals surface area contributed by atoms with Crippen LogP contribution in [0.5, 0.6) is 0 Å². The third-order valence-corrected chi connectivity index (χ3v) is 4.87. The quantitative estimate of drug-likeness (QED) is 0.697. The fourth-order valence-corrected chi connectivity index (χ4v) is 3.56. The molecular formula is C18H28O2S. The van der Waals surface area contributed by atoms with E-state index < -0.39 is 5.97 Å². The molecule has 0 saturated carbocycles. The van der Waals surface area contributed by atoms with E-state index in [1.165, 1.54) is 19.3 Å². The molecule has 3 heteroatoms. The van der Waals surface area contributed by atoms with E-state index in [0.29, 0.717) is 6.42 Å². The van der Waals surface area contributed by atoms with Crippen molar-refractivity contribution in [2.45, 2.75) is 63.0 Å². The molecule has 1 atom stereocenters. The molecule has 0 aromatic carbocycles. The van der Waals surface area contributed by atoms with Gasteiger partial charge in [0, 0.05) is 5.25 Å². The largest absolute Gasteiger partial charge is 0.481 e. The molecule has 1 unspecified atom stereocenters. The van der Waals surface area contributed by atoms with Gasteiger partial charge in [0.05, 0.1) is 6.42 Å². The number of carboxylic acid groups (broad SMARTS) is 1. The summed E-state index contributed by atoms with van der Waals surface area (Å²) in [4.78, 5) is 10.9. The second kappa shape index (κ2) is 12.8. The van der Waals surface area contributed by atoms with Crippen LogP contribution in [0.4, 0.5) is 0 Å². The Hall–Kier alpha value is -0.960. The van der Waals surface area contributed by atoms with Gasteiger partial charge in [-0.05, 0) is 50.7 Å². The second-order valence-electron chi connectivity index (χ2n) is 5.40. The van der Waals surface area contributed by atoms with E-state index in [1.807, 2.05) is 11.8 Å². The molecule has 1 heterocycles. The van der Waals surface area contributed by atoms with Crippen LogP contribution in [-0.4, -0.2) is 22.1 Å². The van der Waals surface area contributed by atoms with Gasteiger partial charge in [0.25, 0.3) is 0 Å². The van der Waals surface area contributed by atoms with Crippen molar-refractivity contribution in [3.05, 3.63) is 36.5 Å². The molecule has 0 aliphatic carbocycles. The van der Waals surface area contributed by atoms with E-state index in [2.05, 4.69) is 36.5 Å². The van der Waals surface area contributed by atoms with E-state index in [0.717, 1.165) is 37.9 Å². The molecule has 0 radical (unpaired) electrons. The highest BCUT2D eigenvalue weighted by molar-refractivity contribution is 7.99. The summed E-state index contributed by atoms with van der Waals surface area (Å²) in [6, 6.07) is 0. The predicted molar refractivity (Wildman–Crippen MR) is 92.9 cm³/mol. The van der Waals surface area contributed by atoms with Gasteiger partial charge in [-0.1, -0.05) is 42.9 Å². The first-order chi connectivity index (χ1) is 10.3. The molecular weight excluding hydrogens is 280 g/mol. The molecule has 118 valence electrons. The smallest absolute Gasteiger partial charge is 0.304 e. The van der Waals surface area contributed by atoms with Crippen molar-refractivity contribution in [1.29, 1.82) is 0 Å². The summed E-state index contributed by atoms with van der Waals surface area (Å²) in [5.74, 6) is 0.419. The van der Waals surface area contributed by atoms with Crippen LogP contribution in [0.1, 0.15) is 57.8 Å². The summed E-state index contributed by atoms with van der Waals surface area (Å²) in [7, 11) is 0. The summed E-state index contributed by atoms with van der Waals surface area (Å²) < 4.78 is 0. The van der Waals surface area contributed by atoms with Gasteiger partial charge in [0.2, 0.25) is 0 Å². The average molecular weight is 308 g/mol. The van der Waals surface area contributed by atoms with Crippen LogP contribution in [0.15, 0.2) is 36.5 Å². The van der Waals surface area contributed by atoms with Crippen molar-refractivity contribution in [3.63, 3.8) is 0 Å². The maximum absolute atomic E-state index is 10.9. The molecule has 2 nitrogen and oxygen atoms in total. The Bertz CT molecular complexity index is 358. The molecule has 0 saturated heterocycles. The van der Waals surface area contributed by atoms with Gasteiger partial charge in [-0.15, -0.1) is 0 Å². The highest BCUT2D eigenvalue weighted by Crippen LogP contribution is 2.22. The standard InChI is InChI=1S/C18H28O2S/c19-18(20)16-17-14-12-10-8-6-4-2-1-3-5-7-9-11-13-15-21-17/h2-5,8,10,17H,1,6-7,9,11-16H2,(H,19,20)/b4-2-,5-3-,10-8-. The minimum Gasteiger partial charge on any atom is -0.481 e. The summed E-state index contributed by atoms with van der Waals surface area (Å²) in [5, 5.41) is 9.25. The Kier molecular flexibility index (Phi) is 11.0. The third kappa shape index (κ3) is 11.4. The first-order valence-corrected chi connectivity index (χ1v) is 9.12. The number of carboxylic acids is 1. The van der Waals surface area contributed by atoms with Gasteiger partial charge >= 0.3 is 5.97 Å². The zero-order valence-corrected chi connectivity index (χ0v) is 13.7. The Balaban J connectivity index is 2.42.